The van der Waals surface area contributed by atoms with Crippen LogP contribution in [0.2, 0.25) is 0 Å². The molecule has 1 saturated heterocycles. The second-order valence-corrected chi connectivity index (χ2v) is 4.97. The Morgan fingerprint density at radius 2 is 2.24 bits per heavy atom. The summed E-state index contributed by atoms with van der Waals surface area (Å²) in [6, 6.07) is 0. The molecule has 6 nitrogen and oxygen atoms in total. The molecule has 2 atom stereocenters. The summed E-state index contributed by atoms with van der Waals surface area (Å²) in [5.41, 5.74) is 0. The van der Waals surface area contributed by atoms with Gasteiger partial charge in [0.05, 0.1) is 6.61 Å². The minimum absolute atomic E-state index is 0. The second-order valence-electron chi connectivity index (χ2n) is 3.61. The zero-order chi connectivity index (χ0) is 12.0. The Morgan fingerprint density at radius 3 is 2.76 bits per heavy atom. The number of hydrogen-bond acceptors (Lipinski definition) is 6. The molecular formula is C9H16NaO6P. The summed E-state index contributed by atoms with van der Waals surface area (Å²) in [5.74, 6) is -0.329. The van der Waals surface area contributed by atoms with Crippen LogP contribution in [0.5, 0.6) is 0 Å². The van der Waals surface area contributed by atoms with E-state index in [4.69, 9.17) is 4.74 Å². The molecule has 0 spiro atoms. The Hall–Kier alpha value is 0.580. The molecule has 8 heteroatoms. The molecule has 0 saturated carbocycles. The molecule has 1 aliphatic heterocycles. The van der Waals surface area contributed by atoms with Crippen molar-refractivity contribution >= 4 is 13.8 Å². The minimum atomic E-state index is -4.13. The molecule has 1 unspecified atom stereocenters. The zero-order valence-corrected chi connectivity index (χ0v) is 13.1. The van der Waals surface area contributed by atoms with Crippen LogP contribution in [0.1, 0.15) is 32.6 Å². The smallest absolute Gasteiger partial charge is 0.756 e. The van der Waals surface area contributed by atoms with E-state index in [9.17, 15) is 14.3 Å². The first kappa shape index (κ1) is 17.6. The Bertz CT molecular complexity index is 285. The first-order chi connectivity index (χ1) is 7.53. The van der Waals surface area contributed by atoms with Crippen LogP contribution in [0, 0.1) is 0 Å². The Labute approximate surface area is 123 Å². The molecule has 1 heterocycles. The molecule has 0 radical (unpaired) electrons. The van der Waals surface area contributed by atoms with Gasteiger partial charge in [-0.1, -0.05) is 19.8 Å². The van der Waals surface area contributed by atoms with Gasteiger partial charge in [0.2, 0.25) is 0 Å². The number of carbonyl (C=O) groups is 1. The van der Waals surface area contributed by atoms with Crippen LogP contribution in [0.25, 0.3) is 0 Å². The van der Waals surface area contributed by atoms with E-state index in [0.717, 1.165) is 19.3 Å². The molecule has 0 aromatic carbocycles. The largest absolute Gasteiger partial charge is 1.00 e. The van der Waals surface area contributed by atoms with E-state index in [-0.39, 0.29) is 48.7 Å². The zero-order valence-electron chi connectivity index (χ0n) is 10.2. The van der Waals surface area contributed by atoms with Crippen molar-refractivity contribution in [2.45, 2.75) is 38.7 Å². The van der Waals surface area contributed by atoms with Crippen molar-refractivity contribution in [1.29, 1.82) is 0 Å². The van der Waals surface area contributed by atoms with Gasteiger partial charge >= 0.3 is 35.5 Å². The summed E-state index contributed by atoms with van der Waals surface area (Å²) in [5, 5.41) is 0. The maximum atomic E-state index is 11.2. The van der Waals surface area contributed by atoms with Gasteiger partial charge in [-0.2, -0.15) is 0 Å². The first-order valence-electron chi connectivity index (χ1n) is 5.33. The Balaban J connectivity index is 0.00000256. The van der Waals surface area contributed by atoms with Crippen molar-refractivity contribution in [3.8, 4) is 0 Å². The Morgan fingerprint density at radius 1 is 1.53 bits per heavy atom. The van der Waals surface area contributed by atoms with Crippen LogP contribution < -0.4 is 34.5 Å². The van der Waals surface area contributed by atoms with Crippen LogP contribution in [0.4, 0.5) is 0 Å². The summed E-state index contributed by atoms with van der Waals surface area (Å²) in [4.78, 5) is 21.9. The van der Waals surface area contributed by atoms with Crippen molar-refractivity contribution in [2.24, 2.45) is 0 Å². The number of phosphoric ester groups is 1. The third-order valence-electron chi connectivity index (χ3n) is 2.11. The molecule has 94 valence electrons. The third kappa shape index (κ3) is 7.57. The fraction of sp³-hybridized carbons (Fsp3) is 0.889. The van der Waals surface area contributed by atoms with Gasteiger partial charge in [0.25, 0.3) is 7.82 Å². The van der Waals surface area contributed by atoms with Crippen LogP contribution in [0.15, 0.2) is 0 Å². The van der Waals surface area contributed by atoms with Crippen molar-refractivity contribution < 1.29 is 57.6 Å². The van der Waals surface area contributed by atoms with Gasteiger partial charge < -0.3 is 18.7 Å². The van der Waals surface area contributed by atoms with Crippen molar-refractivity contribution in [2.75, 3.05) is 13.2 Å². The number of carbonyl (C=O) groups excluding carboxylic acids is 1. The minimum Gasteiger partial charge on any atom is -0.756 e. The van der Waals surface area contributed by atoms with E-state index in [2.05, 4.69) is 9.05 Å². The van der Waals surface area contributed by atoms with Gasteiger partial charge in [0, 0.05) is 6.42 Å². The summed E-state index contributed by atoms with van der Waals surface area (Å²) < 4.78 is 24.5. The van der Waals surface area contributed by atoms with Gasteiger partial charge in [-0.3, -0.25) is 9.36 Å². The van der Waals surface area contributed by atoms with Crippen molar-refractivity contribution in [3.63, 3.8) is 0 Å². The second kappa shape index (κ2) is 8.64. The van der Waals surface area contributed by atoms with E-state index < -0.39 is 13.9 Å². The monoisotopic (exact) mass is 274 g/mol. The van der Waals surface area contributed by atoms with E-state index >= 15 is 0 Å². The molecule has 17 heavy (non-hydrogen) atoms. The van der Waals surface area contributed by atoms with E-state index in [1.807, 2.05) is 6.92 Å². The molecule has 0 N–H and O–H groups in total. The fourth-order valence-corrected chi connectivity index (χ4v) is 2.17. The van der Waals surface area contributed by atoms with Crippen molar-refractivity contribution in [3.05, 3.63) is 0 Å². The van der Waals surface area contributed by atoms with Crippen LogP contribution in [-0.4, -0.2) is 25.3 Å². The number of phosphoric acid groups is 1. The fourth-order valence-electron chi connectivity index (χ4n) is 1.27. The van der Waals surface area contributed by atoms with Gasteiger partial charge in [-0.15, -0.1) is 0 Å². The Kier molecular flexibility index (Phi) is 8.94. The van der Waals surface area contributed by atoms with E-state index in [0.29, 0.717) is 6.42 Å². The molecule has 0 bridgehead atoms. The first-order valence-corrected chi connectivity index (χ1v) is 6.79. The number of ether oxygens (including phenoxy) is 1. The van der Waals surface area contributed by atoms with Gasteiger partial charge in [-0.25, -0.2) is 0 Å². The topological polar surface area (TPSA) is 84.9 Å². The molecule has 1 fully saturated rings. The molecule has 0 aromatic heterocycles. The molecule has 0 aliphatic carbocycles. The molecule has 1 rings (SSSR count). The number of esters is 1. The molecule has 0 amide bonds. The molecule has 1 aliphatic rings. The predicted molar refractivity (Wildman–Crippen MR) is 53.5 cm³/mol. The van der Waals surface area contributed by atoms with Gasteiger partial charge in [-0.05, 0) is 6.42 Å². The summed E-state index contributed by atoms with van der Waals surface area (Å²) in [6.07, 6.45) is 2.46. The summed E-state index contributed by atoms with van der Waals surface area (Å²) >= 11 is 0. The third-order valence-corrected chi connectivity index (χ3v) is 3.13. The average molecular weight is 274 g/mol. The van der Waals surface area contributed by atoms with E-state index in [1.54, 1.807) is 0 Å². The summed E-state index contributed by atoms with van der Waals surface area (Å²) in [6.45, 7) is 1.89. The maximum Gasteiger partial charge on any atom is 1.00 e. The van der Waals surface area contributed by atoms with Crippen LogP contribution in [0.3, 0.4) is 0 Å². The number of unbranched alkanes of at least 4 members (excludes halogenated alkanes) is 2. The summed E-state index contributed by atoms with van der Waals surface area (Å²) in [7, 11) is -4.13. The number of hydrogen-bond donors (Lipinski definition) is 0. The molecule has 0 aromatic rings. The predicted octanol–water partition coefficient (Wildman–Crippen LogP) is -2.00. The SMILES string of the molecule is CCCCCC(=O)OC[C@@H]1COP(=O)([O-])O1.[Na+]. The standard InChI is InChI=1S/C9H17O6P.Na/c1-2-3-4-5-9(10)13-6-8-7-14-16(11,12)15-8;/h8H,2-7H2,1H3,(H,11,12);/q;+1/p-1/t8-;/m1./s1. The van der Waals surface area contributed by atoms with Gasteiger partial charge in [0.15, 0.2) is 0 Å². The van der Waals surface area contributed by atoms with Gasteiger partial charge in [0.1, 0.15) is 12.7 Å². The maximum absolute atomic E-state index is 11.2. The van der Waals surface area contributed by atoms with Crippen molar-refractivity contribution in [1.82, 2.24) is 0 Å². The molecular weight excluding hydrogens is 258 g/mol. The van der Waals surface area contributed by atoms with Crippen LogP contribution in [-0.2, 0) is 23.1 Å². The van der Waals surface area contributed by atoms with Crippen LogP contribution >= 0.6 is 7.82 Å². The quantitative estimate of drug-likeness (QED) is 0.241. The normalized spacial score (nSPS) is 27.5. The van der Waals surface area contributed by atoms with E-state index in [1.165, 1.54) is 0 Å². The number of rotatable bonds is 6. The average Bonchev–Trinajstić information content (AvgIpc) is 2.56.